The number of aromatic carboxylic acids is 1. The molecule has 0 radical (unpaired) electrons. The van der Waals surface area contributed by atoms with Crippen LogP contribution in [0.4, 0.5) is 5.69 Å². The van der Waals surface area contributed by atoms with E-state index in [-0.39, 0.29) is 23.7 Å². The van der Waals surface area contributed by atoms with Gasteiger partial charge in [0.1, 0.15) is 14.1 Å². The molecule has 0 bridgehead atoms. The molecule has 1 aromatic carbocycles. The van der Waals surface area contributed by atoms with E-state index in [1.54, 1.807) is 17.4 Å². The molecule has 0 saturated carbocycles. The Balaban J connectivity index is 0.00000240. The summed E-state index contributed by atoms with van der Waals surface area (Å²) in [5.74, 6) is -1.13. The Morgan fingerprint density at radius 2 is 1.72 bits per heavy atom. The van der Waals surface area contributed by atoms with Crippen LogP contribution in [0.2, 0.25) is 0 Å². The summed E-state index contributed by atoms with van der Waals surface area (Å²) >= 11 is 3.03. The van der Waals surface area contributed by atoms with Crippen LogP contribution in [0.1, 0.15) is 9.67 Å². The number of hydrogen-bond donors (Lipinski definition) is 0. The molecule has 142 valence electrons. The first-order valence-corrected chi connectivity index (χ1v) is 10.5. The standard InChI is InChI=1S/C22H20N2O2S2.Li/c1-23(2)13-5-7-15-19(11-13)28-20-12-14(24(3)4)6-8-16(20)21(15)17-9-10-18(27-17)22(25)26;/h5-12H,1-4H3;/q;+1. The van der Waals surface area contributed by atoms with Crippen molar-refractivity contribution < 1.29 is 28.8 Å². The number of benzene rings is 2. The fourth-order valence-corrected chi connectivity index (χ4v) is 5.34. The van der Waals surface area contributed by atoms with Gasteiger partial charge in [-0.3, -0.25) is 0 Å². The summed E-state index contributed by atoms with van der Waals surface area (Å²) in [5.41, 5.74) is 3.35. The van der Waals surface area contributed by atoms with E-state index in [4.69, 9.17) is 0 Å². The van der Waals surface area contributed by atoms with Gasteiger partial charge in [-0.15, -0.1) is 22.7 Å². The Kier molecular flexibility index (Phi) is 6.21. The number of hydrogen-bond acceptors (Lipinski definition) is 5. The molecule has 0 saturated heterocycles. The van der Waals surface area contributed by atoms with Gasteiger partial charge in [-0.05, 0) is 30.3 Å². The number of carboxylic acid groups (broad SMARTS) is 1. The molecule has 29 heavy (non-hydrogen) atoms. The minimum atomic E-state index is -1.13. The fraction of sp³-hybridized carbons (Fsp3) is 0.182. The number of nitrogens with zero attached hydrogens (tertiary/aromatic N) is 2. The van der Waals surface area contributed by atoms with Gasteiger partial charge in [0, 0.05) is 62.9 Å². The number of carboxylic acids is 1. The van der Waals surface area contributed by atoms with Crippen molar-refractivity contribution in [3.8, 4) is 20.9 Å². The van der Waals surface area contributed by atoms with E-state index in [2.05, 4.69) is 45.9 Å². The third-order valence-electron chi connectivity index (χ3n) is 4.78. The Labute approximate surface area is 189 Å². The van der Waals surface area contributed by atoms with E-state index in [0.717, 1.165) is 32.4 Å². The number of anilines is 1. The van der Waals surface area contributed by atoms with Gasteiger partial charge < -0.3 is 14.8 Å². The molecule has 2 heterocycles. The van der Waals surface area contributed by atoms with Crippen molar-refractivity contribution in [1.29, 1.82) is 0 Å². The molecule has 0 amide bonds. The zero-order chi connectivity index (χ0) is 20.0. The number of thiophene rings is 1. The van der Waals surface area contributed by atoms with Crippen LogP contribution in [-0.2, 0) is 0 Å². The number of carbonyl (C=O) groups excluding carboxylic acids is 1. The second kappa shape index (κ2) is 8.33. The van der Waals surface area contributed by atoms with Gasteiger partial charge in [0.25, 0.3) is 0 Å². The molecule has 1 aliphatic heterocycles. The van der Waals surface area contributed by atoms with Crippen LogP contribution in [-0.4, -0.2) is 34.2 Å². The molecule has 1 aliphatic carbocycles. The summed E-state index contributed by atoms with van der Waals surface area (Å²) in [6, 6.07) is 16.4. The summed E-state index contributed by atoms with van der Waals surface area (Å²) < 4.78 is 3.26. The SMILES string of the molecule is CN(C)c1ccc2c(-c3ccc(C(=O)[O-])s3)c3ccc(=[N+](C)C)cc-3sc2c1.[Li+]. The fourth-order valence-electron chi connectivity index (χ4n) is 3.27. The minimum Gasteiger partial charge on any atom is -0.544 e. The Hall–Kier alpha value is -2.10. The summed E-state index contributed by atoms with van der Waals surface area (Å²) in [6.07, 6.45) is 0. The van der Waals surface area contributed by atoms with Crippen molar-refractivity contribution in [2.45, 2.75) is 0 Å². The van der Waals surface area contributed by atoms with Crippen LogP contribution in [0.5, 0.6) is 0 Å². The zero-order valence-electron chi connectivity index (χ0n) is 17.1. The summed E-state index contributed by atoms with van der Waals surface area (Å²) in [6.45, 7) is 0. The Morgan fingerprint density at radius 1 is 0.966 bits per heavy atom. The van der Waals surface area contributed by atoms with Crippen molar-refractivity contribution in [2.24, 2.45) is 0 Å². The average molecular weight is 415 g/mol. The molecule has 4 rings (SSSR count). The molecule has 2 aliphatic rings. The van der Waals surface area contributed by atoms with Crippen LogP contribution in [0, 0.1) is 0 Å². The second-order valence-corrected chi connectivity index (χ2v) is 9.25. The molecule has 4 nitrogen and oxygen atoms in total. The molecule has 0 fully saturated rings. The van der Waals surface area contributed by atoms with Crippen LogP contribution in [0.15, 0.2) is 48.5 Å². The molecule has 0 unspecified atom stereocenters. The Bertz CT molecular complexity index is 1250. The van der Waals surface area contributed by atoms with Crippen molar-refractivity contribution >= 4 is 44.4 Å². The summed E-state index contributed by atoms with van der Waals surface area (Å²) in [4.78, 5) is 15.8. The molecular weight excluding hydrogens is 395 g/mol. The van der Waals surface area contributed by atoms with Crippen molar-refractivity contribution in [2.75, 3.05) is 33.1 Å². The molecule has 1 aromatic heterocycles. The smallest absolute Gasteiger partial charge is 0.544 e. The first kappa shape index (κ1) is 21.6. The van der Waals surface area contributed by atoms with Crippen molar-refractivity contribution in [1.82, 2.24) is 4.58 Å². The van der Waals surface area contributed by atoms with Crippen LogP contribution in [0.3, 0.4) is 0 Å². The third-order valence-corrected chi connectivity index (χ3v) is 6.97. The van der Waals surface area contributed by atoms with Gasteiger partial charge in [0.2, 0.25) is 5.36 Å². The molecule has 0 atom stereocenters. The van der Waals surface area contributed by atoms with E-state index >= 15 is 0 Å². The van der Waals surface area contributed by atoms with Gasteiger partial charge in [-0.25, -0.2) is 4.58 Å². The number of rotatable bonds is 3. The van der Waals surface area contributed by atoms with Crippen molar-refractivity contribution in [3.05, 3.63) is 58.8 Å². The molecule has 0 N–H and O–H groups in total. The first-order chi connectivity index (χ1) is 13.3. The topological polar surface area (TPSA) is 46.4 Å². The predicted molar refractivity (Wildman–Crippen MR) is 118 cm³/mol. The summed E-state index contributed by atoms with van der Waals surface area (Å²) in [7, 11) is 8.12. The van der Waals surface area contributed by atoms with Gasteiger partial charge in [0.05, 0.1) is 10.8 Å². The summed E-state index contributed by atoms with van der Waals surface area (Å²) in [5, 5.41) is 13.6. The largest absolute Gasteiger partial charge is 1.00 e. The van der Waals surface area contributed by atoms with E-state index in [9.17, 15) is 9.90 Å². The van der Waals surface area contributed by atoms with Crippen LogP contribution in [0.25, 0.3) is 31.0 Å². The van der Waals surface area contributed by atoms with Crippen LogP contribution < -0.4 is 38.8 Å². The van der Waals surface area contributed by atoms with Gasteiger partial charge in [-0.1, -0.05) is 6.07 Å². The number of fused-ring (bicyclic) bond motifs is 2. The average Bonchev–Trinajstić information content (AvgIpc) is 3.15. The van der Waals surface area contributed by atoms with Gasteiger partial charge >= 0.3 is 18.9 Å². The van der Waals surface area contributed by atoms with E-state index in [0.29, 0.717) is 0 Å². The van der Waals surface area contributed by atoms with E-state index in [1.807, 2.05) is 34.3 Å². The van der Waals surface area contributed by atoms with E-state index in [1.165, 1.54) is 20.9 Å². The minimum absolute atomic E-state index is 0. The third kappa shape index (κ3) is 3.99. The first-order valence-electron chi connectivity index (χ1n) is 8.85. The normalized spacial score (nSPS) is 10.8. The molecule has 0 spiro atoms. The molecular formula is C22H20LiN2O2S2+. The van der Waals surface area contributed by atoms with Gasteiger partial charge in [0.15, 0.2) is 0 Å². The molecule has 2 aromatic rings. The number of carbonyl (C=O) groups is 1. The predicted octanol–water partition coefficient (Wildman–Crippen LogP) is 0.200. The maximum absolute atomic E-state index is 11.3. The quantitative estimate of drug-likeness (QED) is 0.273. The maximum Gasteiger partial charge on any atom is 1.00 e. The van der Waals surface area contributed by atoms with Gasteiger partial charge in [-0.2, -0.15) is 0 Å². The Morgan fingerprint density at radius 3 is 2.34 bits per heavy atom. The second-order valence-electron chi connectivity index (χ2n) is 7.08. The van der Waals surface area contributed by atoms with Crippen molar-refractivity contribution in [3.63, 3.8) is 0 Å². The monoisotopic (exact) mass is 415 g/mol. The maximum atomic E-state index is 11.3. The zero-order valence-corrected chi connectivity index (χ0v) is 18.8. The van der Waals surface area contributed by atoms with Crippen LogP contribution >= 0.6 is 22.7 Å². The molecule has 7 heteroatoms. The van der Waals surface area contributed by atoms with E-state index < -0.39 is 5.97 Å².